The van der Waals surface area contributed by atoms with Crippen LogP contribution in [0.15, 0.2) is 36.4 Å². The smallest absolute Gasteiger partial charge is 0.245 e. The highest BCUT2D eigenvalue weighted by Gasteiger charge is 2.24. The second kappa shape index (κ2) is 8.65. The average molecular weight is 450 g/mol. The van der Waals surface area contributed by atoms with E-state index in [-0.39, 0.29) is 12.5 Å². The van der Waals surface area contributed by atoms with Crippen molar-refractivity contribution < 1.29 is 18.0 Å². The number of halogens is 1. The topological polar surface area (TPSA) is 86.8 Å². The molecule has 1 N–H and O–H groups in total. The first-order chi connectivity index (χ1) is 14.1. The molecular weight excluding hydrogens is 426 g/mol. The van der Waals surface area contributed by atoms with Gasteiger partial charge in [-0.15, -0.1) is 0 Å². The third kappa shape index (κ3) is 4.94. The van der Waals surface area contributed by atoms with Crippen LogP contribution >= 0.6 is 11.6 Å². The van der Waals surface area contributed by atoms with E-state index < -0.39 is 15.9 Å². The molecule has 3 rings (SSSR count). The van der Waals surface area contributed by atoms with Gasteiger partial charge < -0.3 is 10.2 Å². The predicted molar refractivity (Wildman–Crippen MR) is 120 cm³/mol. The van der Waals surface area contributed by atoms with Gasteiger partial charge in [0.1, 0.15) is 6.54 Å². The van der Waals surface area contributed by atoms with Crippen LogP contribution in [0, 0.1) is 13.8 Å². The van der Waals surface area contributed by atoms with E-state index in [0.717, 1.165) is 28.2 Å². The molecule has 2 aromatic rings. The zero-order chi connectivity index (χ0) is 22.1. The van der Waals surface area contributed by atoms with Gasteiger partial charge in [-0.1, -0.05) is 17.7 Å². The molecule has 0 atom stereocenters. The van der Waals surface area contributed by atoms with E-state index in [2.05, 4.69) is 5.32 Å². The maximum absolute atomic E-state index is 12.6. The van der Waals surface area contributed by atoms with Crippen LogP contribution in [0.5, 0.6) is 0 Å². The molecule has 0 radical (unpaired) electrons. The van der Waals surface area contributed by atoms with Gasteiger partial charge in [-0.3, -0.25) is 13.9 Å². The molecule has 30 heavy (non-hydrogen) atoms. The lowest BCUT2D eigenvalue weighted by atomic mass is 10.1. The van der Waals surface area contributed by atoms with Crippen LogP contribution in [0.3, 0.4) is 0 Å². The SMILES string of the molecule is Cc1cc(NC(=O)CN(c2cc(Cl)ccc2C)S(C)(=O)=O)ccc1N1CCCC1=O. The Labute approximate surface area is 181 Å². The molecule has 0 aromatic heterocycles. The molecular formula is C21H24ClN3O4S. The van der Waals surface area contributed by atoms with Gasteiger partial charge >= 0.3 is 0 Å². The highest BCUT2D eigenvalue weighted by Crippen LogP contribution is 2.28. The average Bonchev–Trinajstić information content (AvgIpc) is 3.07. The van der Waals surface area contributed by atoms with E-state index in [1.165, 1.54) is 6.07 Å². The zero-order valence-electron chi connectivity index (χ0n) is 17.1. The van der Waals surface area contributed by atoms with Crippen LogP contribution in [-0.4, -0.2) is 39.6 Å². The van der Waals surface area contributed by atoms with Gasteiger partial charge in [-0.05, 0) is 61.7 Å². The number of carbonyl (C=O) groups is 2. The Morgan fingerprint density at radius 1 is 1.17 bits per heavy atom. The van der Waals surface area contributed by atoms with Crippen molar-refractivity contribution in [2.24, 2.45) is 0 Å². The first-order valence-corrected chi connectivity index (χ1v) is 11.7. The van der Waals surface area contributed by atoms with Crippen molar-refractivity contribution in [3.8, 4) is 0 Å². The molecule has 1 saturated heterocycles. The molecule has 1 fully saturated rings. The number of hydrogen-bond donors (Lipinski definition) is 1. The summed E-state index contributed by atoms with van der Waals surface area (Å²) in [7, 11) is -3.71. The maximum Gasteiger partial charge on any atom is 0.245 e. The van der Waals surface area contributed by atoms with Crippen LogP contribution in [0.4, 0.5) is 17.1 Å². The molecule has 2 aromatic carbocycles. The van der Waals surface area contributed by atoms with Crippen LogP contribution in [0.1, 0.15) is 24.0 Å². The molecule has 0 aliphatic carbocycles. The Balaban J connectivity index is 1.78. The van der Waals surface area contributed by atoms with Crippen LogP contribution in [0.2, 0.25) is 5.02 Å². The number of nitrogens with one attached hydrogen (secondary N) is 1. The quantitative estimate of drug-likeness (QED) is 0.731. The molecule has 1 aliphatic heterocycles. The highest BCUT2D eigenvalue weighted by molar-refractivity contribution is 7.92. The van der Waals surface area contributed by atoms with Crippen molar-refractivity contribution in [3.05, 3.63) is 52.5 Å². The summed E-state index contributed by atoms with van der Waals surface area (Å²) >= 11 is 6.02. The monoisotopic (exact) mass is 449 g/mol. The molecule has 0 saturated carbocycles. The molecule has 9 heteroatoms. The molecule has 1 heterocycles. The third-order valence-electron chi connectivity index (χ3n) is 4.97. The van der Waals surface area contributed by atoms with Crippen LogP contribution in [-0.2, 0) is 19.6 Å². The summed E-state index contributed by atoms with van der Waals surface area (Å²) in [6.45, 7) is 3.93. The number of nitrogens with zero attached hydrogens (tertiary/aromatic N) is 2. The first-order valence-electron chi connectivity index (χ1n) is 9.51. The summed E-state index contributed by atoms with van der Waals surface area (Å²) in [6, 6.07) is 10.2. The number of sulfonamides is 1. The number of hydrogen-bond acceptors (Lipinski definition) is 4. The molecule has 7 nitrogen and oxygen atoms in total. The molecule has 0 spiro atoms. The van der Waals surface area contributed by atoms with E-state index in [1.807, 2.05) is 6.92 Å². The van der Waals surface area contributed by atoms with E-state index in [0.29, 0.717) is 34.9 Å². The molecule has 160 valence electrons. The van der Waals surface area contributed by atoms with E-state index in [4.69, 9.17) is 11.6 Å². The van der Waals surface area contributed by atoms with Crippen molar-refractivity contribution in [1.82, 2.24) is 0 Å². The zero-order valence-corrected chi connectivity index (χ0v) is 18.7. The van der Waals surface area contributed by atoms with Gasteiger partial charge in [0.05, 0.1) is 11.9 Å². The standard InChI is InChI=1S/C21H24ClN3O4S/c1-14-6-7-16(22)12-19(14)25(30(3,28)29)13-20(26)23-17-8-9-18(15(2)11-17)24-10-4-5-21(24)27/h6-9,11-12H,4-5,10,13H2,1-3H3,(H,23,26). The fraction of sp³-hybridized carbons (Fsp3) is 0.333. The Kier molecular flexibility index (Phi) is 6.38. The lowest BCUT2D eigenvalue weighted by Gasteiger charge is -2.24. The Morgan fingerprint density at radius 3 is 2.50 bits per heavy atom. The minimum atomic E-state index is -3.71. The van der Waals surface area contributed by atoms with Gasteiger partial charge in [0, 0.05) is 29.4 Å². The van der Waals surface area contributed by atoms with Crippen molar-refractivity contribution >= 4 is 50.5 Å². The summed E-state index contributed by atoms with van der Waals surface area (Å²) in [5.41, 5.74) is 3.26. The Morgan fingerprint density at radius 2 is 1.90 bits per heavy atom. The second-order valence-corrected chi connectivity index (χ2v) is 9.74. The number of anilines is 3. The number of benzene rings is 2. The van der Waals surface area contributed by atoms with Crippen molar-refractivity contribution in [1.29, 1.82) is 0 Å². The summed E-state index contributed by atoms with van der Waals surface area (Å²) in [5.74, 6) is -0.389. The van der Waals surface area contributed by atoms with Crippen LogP contribution in [0.25, 0.3) is 0 Å². The Hall–Kier alpha value is -2.58. The minimum absolute atomic E-state index is 0.0931. The van der Waals surface area contributed by atoms with E-state index >= 15 is 0 Å². The summed E-state index contributed by atoms with van der Waals surface area (Å²) in [5, 5.41) is 3.12. The van der Waals surface area contributed by atoms with Gasteiger partial charge in [0.15, 0.2) is 0 Å². The predicted octanol–water partition coefficient (Wildman–Crippen LogP) is 3.49. The lowest BCUT2D eigenvalue weighted by Crippen LogP contribution is -2.37. The summed E-state index contributed by atoms with van der Waals surface area (Å²) in [4.78, 5) is 26.3. The lowest BCUT2D eigenvalue weighted by molar-refractivity contribution is -0.117. The molecule has 0 unspecified atom stereocenters. The maximum atomic E-state index is 12.6. The van der Waals surface area contributed by atoms with Crippen molar-refractivity contribution in [2.75, 3.05) is 33.9 Å². The number of aryl methyl sites for hydroxylation is 2. The molecule has 2 amide bonds. The summed E-state index contributed by atoms with van der Waals surface area (Å²) < 4.78 is 25.7. The minimum Gasteiger partial charge on any atom is -0.325 e. The van der Waals surface area contributed by atoms with Gasteiger partial charge in [0.25, 0.3) is 0 Å². The van der Waals surface area contributed by atoms with Crippen molar-refractivity contribution in [2.45, 2.75) is 26.7 Å². The van der Waals surface area contributed by atoms with Crippen molar-refractivity contribution in [3.63, 3.8) is 0 Å². The van der Waals surface area contributed by atoms with Gasteiger partial charge in [-0.2, -0.15) is 0 Å². The largest absolute Gasteiger partial charge is 0.325 e. The summed E-state index contributed by atoms with van der Waals surface area (Å²) in [6.07, 6.45) is 2.43. The molecule has 1 aliphatic rings. The normalized spacial score (nSPS) is 14.1. The van der Waals surface area contributed by atoms with Crippen LogP contribution < -0.4 is 14.5 Å². The van der Waals surface area contributed by atoms with E-state index in [9.17, 15) is 18.0 Å². The van der Waals surface area contributed by atoms with Gasteiger partial charge in [-0.25, -0.2) is 8.42 Å². The Bertz CT molecular complexity index is 1100. The number of amides is 2. The fourth-order valence-electron chi connectivity index (χ4n) is 3.50. The van der Waals surface area contributed by atoms with E-state index in [1.54, 1.807) is 42.2 Å². The number of carbonyl (C=O) groups excluding carboxylic acids is 2. The van der Waals surface area contributed by atoms with Gasteiger partial charge in [0.2, 0.25) is 21.8 Å². The molecule has 0 bridgehead atoms. The highest BCUT2D eigenvalue weighted by atomic mass is 35.5. The number of rotatable bonds is 6. The second-order valence-electron chi connectivity index (χ2n) is 7.40. The first kappa shape index (κ1) is 22.1. The third-order valence-corrected chi connectivity index (χ3v) is 6.33. The fourth-order valence-corrected chi connectivity index (χ4v) is 4.57.